The highest BCUT2D eigenvalue weighted by atomic mass is 79.9. The number of halogens is 1. The zero-order chi connectivity index (χ0) is 22.1. The van der Waals surface area contributed by atoms with E-state index in [2.05, 4.69) is 21.2 Å². The molecule has 0 unspecified atom stereocenters. The van der Waals surface area contributed by atoms with Crippen LogP contribution < -0.4 is 10.2 Å². The number of para-hydroxylation sites is 1. The second-order valence-electron chi connectivity index (χ2n) is 6.41. The van der Waals surface area contributed by atoms with Crippen molar-refractivity contribution in [2.75, 3.05) is 4.90 Å². The van der Waals surface area contributed by atoms with Gasteiger partial charge in [0.15, 0.2) is 5.11 Å². The Balaban J connectivity index is 1.70. The van der Waals surface area contributed by atoms with E-state index in [1.165, 1.54) is 29.2 Å². The molecule has 2 heterocycles. The van der Waals surface area contributed by atoms with E-state index in [-0.39, 0.29) is 33.5 Å². The van der Waals surface area contributed by atoms with Crippen LogP contribution >= 0.6 is 28.1 Å². The average Bonchev–Trinajstić information content (AvgIpc) is 3.19. The Bertz CT molecular complexity index is 1280. The minimum absolute atomic E-state index is 0.0368. The second-order valence-corrected chi connectivity index (χ2v) is 7.72. The summed E-state index contributed by atoms with van der Waals surface area (Å²) in [4.78, 5) is 37.4. The molecule has 0 spiro atoms. The number of benzene rings is 2. The van der Waals surface area contributed by atoms with Crippen LogP contribution in [0.15, 0.2) is 75.1 Å². The van der Waals surface area contributed by atoms with Gasteiger partial charge in [0.2, 0.25) is 0 Å². The van der Waals surface area contributed by atoms with Crippen LogP contribution in [0, 0.1) is 10.1 Å². The first kappa shape index (κ1) is 20.6. The van der Waals surface area contributed by atoms with Crippen molar-refractivity contribution in [1.29, 1.82) is 0 Å². The molecular formula is C21H12BrN3O5S. The zero-order valence-electron chi connectivity index (χ0n) is 15.6. The molecule has 2 amide bonds. The molecule has 4 rings (SSSR count). The Morgan fingerprint density at radius 2 is 1.87 bits per heavy atom. The highest BCUT2D eigenvalue weighted by molar-refractivity contribution is 9.10. The van der Waals surface area contributed by atoms with Gasteiger partial charge >= 0.3 is 0 Å². The Kier molecular flexibility index (Phi) is 5.49. The lowest BCUT2D eigenvalue weighted by Crippen LogP contribution is -2.54. The molecule has 31 heavy (non-hydrogen) atoms. The van der Waals surface area contributed by atoms with Crippen LogP contribution in [0.4, 0.5) is 11.4 Å². The predicted molar refractivity (Wildman–Crippen MR) is 121 cm³/mol. The van der Waals surface area contributed by atoms with Gasteiger partial charge in [-0.15, -0.1) is 0 Å². The fraction of sp³-hybridized carbons (Fsp3) is 0. The van der Waals surface area contributed by atoms with Crippen LogP contribution in [0.25, 0.3) is 17.4 Å². The van der Waals surface area contributed by atoms with E-state index >= 15 is 0 Å². The van der Waals surface area contributed by atoms with Crippen LogP contribution in [0.1, 0.15) is 5.76 Å². The number of rotatable bonds is 4. The van der Waals surface area contributed by atoms with Gasteiger partial charge in [-0.2, -0.15) is 0 Å². The van der Waals surface area contributed by atoms with Gasteiger partial charge in [0.25, 0.3) is 17.5 Å². The van der Waals surface area contributed by atoms with E-state index < -0.39 is 16.7 Å². The summed E-state index contributed by atoms with van der Waals surface area (Å²) in [6.45, 7) is 0. The summed E-state index contributed by atoms with van der Waals surface area (Å²) in [7, 11) is 0. The van der Waals surface area contributed by atoms with Crippen LogP contribution in [0.5, 0.6) is 0 Å². The van der Waals surface area contributed by atoms with Crippen molar-refractivity contribution in [3.8, 4) is 11.3 Å². The fourth-order valence-corrected chi connectivity index (χ4v) is 3.73. The topological polar surface area (TPSA) is 106 Å². The molecule has 0 radical (unpaired) electrons. The SMILES string of the molecule is O=C1NC(=S)N(c2cccc(Br)c2)C(=O)/C1=C/c1ccc(-c2ccccc2[N+](=O)[O-])o1. The summed E-state index contributed by atoms with van der Waals surface area (Å²) >= 11 is 8.52. The van der Waals surface area contributed by atoms with Gasteiger partial charge in [0, 0.05) is 10.5 Å². The minimum atomic E-state index is -0.662. The quantitative estimate of drug-likeness (QED) is 0.187. The Morgan fingerprint density at radius 1 is 1.10 bits per heavy atom. The van der Waals surface area contributed by atoms with Crippen LogP contribution in [0.3, 0.4) is 0 Å². The Labute approximate surface area is 189 Å². The number of anilines is 1. The van der Waals surface area contributed by atoms with E-state index in [9.17, 15) is 19.7 Å². The lowest BCUT2D eigenvalue weighted by atomic mass is 10.1. The number of nitro groups is 1. The van der Waals surface area contributed by atoms with Gasteiger partial charge in [-0.25, -0.2) is 0 Å². The van der Waals surface area contributed by atoms with Gasteiger partial charge < -0.3 is 4.42 Å². The van der Waals surface area contributed by atoms with Crippen molar-refractivity contribution in [3.63, 3.8) is 0 Å². The fourth-order valence-electron chi connectivity index (χ4n) is 3.07. The smallest absolute Gasteiger partial charge is 0.280 e. The van der Waals surface area contributed by atoms with Crippen molar-refractivity contribution >= 4 is 62.5 Å². The van der Waals surface area contributed by atoms with Gasteiger partial charge in [-0.1, -0.05) is 34.1 Å². The van der Waals surface area contributed by atoms with Gasteiger partial charge in [0.1, 0.15) is 17.1 Å². The first-order valence-electron chi connectivity index (χ1n) is 8.86. The third kappa shape index (κ3) is 4.03. The molecule has 0 bridgehead atoms. The number of nitro benzene ring substituents is 1. The zero-order valence-corrected chi connectivity index (χ0v) is 18.0. The third-order valence-electron chi connectivity index (χ3n) is 4.45. The molecule has 0 saturated carbocycles. The number of hydrogen-bond acceptors (Lipinski definition) is 6. The van der Waals surface area contributed by atoms with Crippen molar-refractivity contribution in [1.82, 2.24) is 5.32 Å². The molecule has 0 atom stereocenters. The number of nitrogens with zero attached hydrogens (tertiary/aromatic N) is 2. The number of thiocarbonyl (C=S) groups is 1. The first-order valence-corrected chi connectivity index (χ1v) is 10.1. The maximum Gasteiger partial charge on any atom is 0.280 e. The van der Waals surface area contributed by atoms with E-state index in [0.717, 1.165) is 4.47 Å². The molecule has 2 aromatic carbocycles. The first-order chi connectivity index (χ1) is 14.8. The monoisotopic (exact) mass is 497 g/mol. The lowest BCUT2D eigenvalue weighted by Gasteiger charge is -2.28. The molecule has 8 nitrogen and oxygen atoms in total. The maximum absolute atomic E-state index is 13.0. The van der Waals surface area contributed by atoms with E-state index in [4.69, 9.17) is 16.6 Å². The molecule has 1 aliphatic rings. The van der Waals surface area contributed by atoms with Crippen molar-refractivity contribution < 1.29 is 18.9 Å². The highest BCUT2D eigenvalue weighted by Crippen LogP contribution is 2.32. The van der Waals surface area contributed by atoms with Crippen molar-refractivity contribution in [2.45, 2.75) is 0 Å². The van der Waals surface area contributed by atoms with Crippen LogP contribution in [-0.2, 0) is 9.59 Å². The molecule has 1 fully saturated rings. The second kappa shape index (κ2) is 8.25. The van der Waals surface area contributed by atoms with Crippen LogP contribution in [0.2, 0.25) is 0 Å². The van der Waals surface area contributed by atoms with E-state index in [1.807, 2.05) is 0 Å². The molecule has 10 heteroatoms. The summed E-state index contributed by atoms with van der Waals surface area (Å²) in [5.41, 5.74) is 0.467. The summed E-state index contributed by atoms with van der Waals surface area (Å²) in [5.74, 6) is -0.851. The number of nitrogens with one attached hydrogen (secondary N) is 1. The molecule has 1 saturated heterocycles. The number of furan rings is 1. The number of carbonyl (C=O) groups is 2. The largest absolute Gasteiger partial charge is 0.456 e. The summed E-state index contributed by atoms with van der Waals surface area (Å²) in [6, 6.07) is 16.1. The lowest BCUT2D eigenvalue weighted by molar-refractivity contribution is -0.384. The van der Waals surface area contributed by atoms with Crippen molar-refractivity contribution in [3.05, 3.63) is 86.6 Å². The Hall–Kier alpha value is -3.63. The summed E-state index contributed by atoms with van der Waals surface area (Å²) < 4.78 is 6.41. The summed E-state index contributed by atoms with van der Waals surface area (Å²) in [5, 5.41) is 13.7. The predicted octanol–water partition coefficient (Wildman–Crippen LogP) is 4.45. The molecular weight excluding hydrogens is 486 g/mol. The normalized spacial score (nSPS) is 15.3. The van der Waals surface area contributed by atoms with Gasteiger partial charge in [0.05, 0.1) is 16.2 Å². The molecule has 1 aromatic heterocycles. The standard InChI is InChI=1S/C21H12BrN3O5S/c22-12-4-3-5-13(10-12)24-20(27)16(19(26)23-21(24)31)11-14-8-9-18(30-14)15-6-1-2-7-17(15)25(28)29/h1-11H,(H,23,26,31)/b16-11+. The third-order valence-corrected chi connectivity index (χ3v) is 5.23. The number of hydrogen-bond donors (Lipinski definition) is 1. The number of amides is 2. The minimum Gasteiger partial charge on any atom is -0.456 e. The maximum atomic E-state index is 13.0. The average molecular weight is 498 g/mol. The van der Waals surface area contributed by atoms with E-state index in [0.29, 0.717) is 5.69 Å². The van der Waals surface area contributed by atoms with Crippen LogP contribution in [-0.4, -0.2) is 21.9 Å². The Morgan fingerprint density at radius 3 is 2.61 bits per heavy atom. The van der Waals surface area contributed by atoms with Crippen molar-refractivity contribution in [2.24, 2.45) is 0 Å². The molecule has 1 N–H and O–H groups in total. The number of carbonyl (C=O) groups excluding carboxylic acids is 2. The van der Waals surface area contributed by atoms with E-state index in [1.54, 1.807) is 42.5 Å². The van der Waals surface area contributed by atoms with Gasteiger partial charge in [-0.05, 0) is 54.7 Å². The molecule has 154 valence electrons. The molecule has 3 aromatic rings. The summed E-state index contributed by atoms with van der Waals surface area (Å²) in [6.07, 6.45) is 1.28. The van der Waals surface area contributed by atoms with Gasteiger partial charge in [-0.3, -0.25) is 29.9 Å². The molecule has 0 aliphatic carbocycles. The molecule has 1 aliphatic heterocycles. The highest BCUT2D eigenvalue weighted by Gasteiger charge is 2.34.